The van der Waals surface area contributed by atoms with Gasteiger partial charge in [0.1, 0.15) is 11.3 Å². The SMILES string of the molecule is Cc1ccc(C(=O)OCC(=O)NCCCc2ccccc2)c(O)c1. The van der Waals surface area contributed by atoms with Crippen molar-refractivity contribution in [1.29, 1.82) is 0 Å². The van der Waals surface area contributed by atoms with Crippen LogP contribution in [0.1, 0.15) is 27.9 Å². The quantitative estimate of drug-likeness (QED) is 0.605. The standard InChI is InChI=1S/C19H21NO4/c1-14-9-10-16(17(21)12-14)19(23)24-13-18(22)20-11-5-8-15-6-3-2-4-7-15/h2-4,6-7,9-10,12,21H,5,8,11,13H2,1H3,(H,20,22). The molecule has 0 heterocycles. The predicted octanol–water partition coefficient (Wildman–Crippen LogP) is 2.61. The molecule has 5 nitrogen and oxygen atoms in total. The number of rotatable bonds is 7. The molecule has 126 valence electrons. The van der Waals surface area contributed by atoms with Gasteiger partial charge in [0.25, 0.3) is 5.91 Å². The number of nitrogens with one attached hydrogen (secondary N) is 1. The van der Waals surface area contributed by atoms with Crippen molar-refractivity contribution in [3.63, 3.8) is 0 Å². The van der Waals surface area contributed by atoms with Crippen LogP contribution in [0.15, 0.2) is 48.5 Å². The Bertz CT molecular complexity index is 698. The van der Waals surface area contributed by atoms with E-state index >= 15 is 0 Å². The fraction of sp³-hybridized carbons (Fsp3) is 0.263. The minimum Gasteiger partial charge on any atom is -0.507 e. The summed E-state index contributed by atoms with van der Waals surface area (Å²) in [6, 6.07) is 14.6. The highest BCUT2D eigenvalue weighted by Gasteiger charge is 2.14. The van der Waals surface area contributed by atoms with E-state index in [0.29, 0.717) is 6.54 Å². The van der Waals surface area contributed by atoms with E-state index < -0.39 is 5.97 Å². The minimum atomic E-state index is -0.716. The van der Waals surface area contributed by atoms with Crippen molar-refractivity contribution in [2.24, 2.45) is 0 Å². The molecule has 0 radical (unpaired) electrons. The number of phenols is 1. The number of carbonyl (C=O) groups is 2. The van der Waals surface area contributed by atoms with Crippen molar-refractivity contribution in [2.75, 3.05) is 13.2 Å². The maximum atomic E-state index is 11.8. The summed E-state index contributed by atoms with van der Waals surface area (Å²) in [5, 5.41) is 12.4. The van der Waals surface area contributed by atoms with Crippen LogP contribution in [0.5, 0.6) is 5.75 Å². The highest BCUT2D eigenvalue weighted by molar-refractivity contribution is 5.93. The summed E-state index contributed by atoms with van der Waals surface area (Å²) in [5.41, 5.74) is 2.10. The summed E-state index contributed by atoms with van der Waals surface area (Å²) >= 11 is 0. The molecule has 5 heteroatoms. The van der Waals surface area contributed by atoms with Gasteiger partial charge in [0.15, 0.2) is 6.61 Å². The number of aromatic hydroxyl groups is 1. The molecule has 24 heavy (non-hydrogen) atoms. The Morgan fingerprint density at radius 2 is 1.88 bits per heavy atom. The molecule has 0 saturated heterocycles. The fourth-order valence-corrected chi connectivity index (χ4v) is 2.24. The van der Waals surface area contributed by atoms with E-state index in [2.05, 4.69) is 5.32 Å². The lowest BCUT2D eigenvalue weighted by atomic mass is 10.1. The zero-order valence-electron chi connectivity index (χ0n) is 13.6. The second-order valence-electron chi connectivity index (χ2n) is 5.54. The van der Waals surface area contributed by atoms with Crippen LogP contribution in [0.2, 0.25) is 0 Å². The molecule has 2 N–H and O–H groups in total. The first kappa shape index (κ1) is 17.5. The van der Waals surface area contributed by atoms with Crippen molar-refractivity contribution < 1.29 is 19.4 Å². The second-order valence-corrected chi connectivity index (χ2v) is 5.54. The molecular formula is C19H21NO4. The lowest BCUT2D eigenvalue weighted by molar-refractivity contribution is -0.124. The van der Waals surface area contributed by atoms with Crippen LogP contribution in [0.3, 0.4) is 0 Å². The van der Waals surface area contributed by atoms with Crippen LogP contribution in [-0.2, 0) is 16.0 Å². The van der Waals surface area contributed by atoms with Gasteiger partial charge in [-0.15, -0.1) is 0 Å². The average Bonchev–Trinajstić information content (AvgIpc) is 2.57. The average molecular weight is 327 g/mol. The van der Waals surface area contributed by atoms with E-state index in [-0.39, 0.29) is 23.8 Å². The summed E-state index contributed by atoms with van der Waals surface area (Å²) in [7, 11) is 0. The molecule has 0 atom stereocenters. The van der Waals surface area contributed by atoms with E-state index in [1.54, 1.807) is 13.0 Å². The molecule has 0 bridgehead atoms. The van der Waals surface area contributed by atoms with Gasteiger partial charge in [0.05, 0.1) is 0 Å². The summed E-state index contributed by atoms with van der Waals surface area (Å²) in [6.45, 7) is 1.95. The van der Waals surface area contributed by atoms with Crippen molar-refractivity contribution in [3.8, 4) is 5.75 Å². The summed E-state index contributed by atoms with van der Waals surface area (Å²) < 4.78 is 4.91. The molecule has 1 amide bonds. The molecule has 0 fully saturated rings. The number of ether oxygens (including phenoxy) is 1. The number of hydrogen-bond acceptors (Lipinski definition) is 4. The maximum absolute atomic E-state index is 11.8. The van der Waals surface area contributed by atoms with E-state index in [4.69, 9.17) is 4.74 Å². The Kier molecular flexibility index (Phi) is 6.37. The largest absolute Gasteiger partial charge is 0.507 e. The smallest absolute Gasteiger partial charge is 0.342 e. The zero-order valence-corrected chi connectivity index (χ0v) is 13.6. The van der Waals surface area contributed by atoms with Gasteiger partial charge in [0, 0.05) is 6.54 Å². The highest BCUT2D eigenvalue weighted by atomic mass is 16.5. The van der Waals surface area contributed by atoms with Crippen molar-refractivity contribution >= 4 is 11.9 Å². The van der Waals surface area contributed by atoms with Gasteiger partial charge in [-0.1, -0.05) is 36.4 Å². The van der Waals surface area contributed by atoms with Crippen LogP contribution < -0.4 is 5.32 Å². The maximum Gasteiger partial charge on any atom is 0.342 e. The Balaban J connectivity index is 1.68. The normalized spacial score (nSPS) is 10.2. The Labute approximate surface area is 141 Å². The molecule has 0 saturated carbocycles. The minimum absolute atomic E-state index is 0.0532. The number of benzene rings is 2. The first-order valence-electron chi connectivity index (χ1n) is 7.83. The fourth-order valence-electron chi connectivity index (χ4n) is 2.24. The van der Waals surface area contributed by atoms with Gasteiger partial charge >= 0.3 is 5.97 Å². The monoisotopic (exact) mass is 327 g/mol. The molecular weight excluding hydrogens is 306 g/mol. The summed E-state index contributed by atoms with van der Waals surface area (Å²) in [5.74, 6) is -1.22. The molecule has 2 rings (SSSR count). The third-order valence-corrected chi connectivity index (χ3v) is 3.51. The van der Waals surface area contributed by atoms with Crippen LogP contribution >= 0.6 is 0 Å². The van der Waals surface area contributed by atoms with Gasteiger partial charge in [-0.3, -0.25) is 4.79 Å². The lowest BCUT2D eigenvalue weighted by Gasteiger charge is -2.08. The molecule has 0 spiro atoms. The van der Waals surface area contributed by atoms with Crippen LogP contribution in [0.4, 0.5) is 0 Å². The summed E-state index contributed by atoms with van der Waals surface area (Å²) in [4.78, 5) is 23.5. The summed E-state index contributed by atoms with van der Waals surface area (Å²) in [6.07, 6.45) is 1.68. The van der Waals surface area contributed by atoms with E-state index in [9.17, 15) is 14.7 Å². The molecule has 0 aliphatic rings. The van der Waals surface area contributed by atoms with Gasteiger partial charge in [-0.25, -0.2) is 4.79 Å². The van der Waals surface area contributed by atoms with Gasteiger partial charge in [0.2, 0.25) is 0 Å². The first-order chi connectivity index (χ1) is 11.6. The Morgan fingerprint density at radius 3 is 2.58 bits per heavy atom. The predicted molar refractivity (Wildman–Crippen MR) is 90.9 cm³/mol. The number of hydrogen-bond donors (Lipinski definition) is 2. The molecule has 0 unspecified atom stereocenters. The van der Waals surface area contributed by atoms with Gasteiger partial charge in [-0.2, -0.15) is 0 Å². The van der Waals surface area contributed by atoms with E-state index in [0.717, 1.165) is 18.4 Å². The topological polar surface area (TPSA) is 75.6 Å². The van der Waals surface area contributed by atoms with E-state index in [1.165, 1.54) is 17.7 Å². The van der Waals surface area contributed by atoms with Gasteiger partial charge < -0.3 is 15.2 Å². The Hall–Kier alpha value is -2.82. The molecule has 0 aliphatic heterocycles. The van der Waals surface area contributed by atoms with E-state index in [1.807, 2.05) is 30.3 Å². The lowest BCUT2D eigenvalue weighted by Crippen LogP contribution is -2.29. The number of aryl methyl sites for hydroxylation is 2. The molecule has 0 aromatic heterocycles. The number of amides is 1. The van der Waals surface area contributed by atoms with Gasteiger partial charge in [-0.05, 0) is 43.0 Å². The Morgan fingerprint density at radius 1 is 1.12 bits per heavy atom. The number of carbonyl (C=O) groups excluding carboxylic acids is 2. The third kappa shape index (κ3) is 5.43. The highest BCUT2D eigenvalue weighted by Crippen LogP contribution is 2.19. The zero-order chi connectivity index (χ0) is 17.4. The first-order valence-corrected chi connectivity index (χ1v) is 7.83. The van der Waals surface area contributed by atoms with Crippen LogP contribution in [0.25, 0.3) is 0 Å². The van der Waals surface area contributed by atoms with Crippen molar-refractivity contribution in [3.05, 3.63) is 65.2 Å². The third-order valence-electron chi connectivity index (χ3n) is 3.51. The number of phenolic OH excluding ortho intramolecular Hbond substituents is 1. The van der Waals surface area contributed by atoms with Crippen LogP contribution in [0, 0.1) is 6.92 Å². The number of esters is 1. The van der Waals surface area contributed by atoms with Crippen LogP contribution in [-0.4, -0.2) is 30.1 Å². The molecule has 2 aromatic rings. The second kappa shape index (κ2) is 8.72. The molecule has 0 aliphatic carbocycles. The van der Waals surface area contributed by atoms with Crippen molar-refractivity contribution in [2.45, 2.75) is 19.8 Å². The van der Waals surface area contributed by atoms with Crippen molar-refractivity contribution in [1.82, 2.24) is 5.32 Å². The molecule has 2 aromatic carbocycles.